The number of aromatic nitrogens is 3. The number of hydrogen-bond acceptors (Lipinski definition) is 5. The Morgan fingerprint density at radius 1 is 1.04 bits per heavy atom. The molecule has 25 heavy (non-hydrogen) atoms. The lowest BCUT2D eigenvalue weighted by Crippen LogP contribution is -2.07. The Morgan fingerprint density at radius 2 is 1.88 bits per heavy atom. The minimum atomic E-state index is 0.511. The van der Waals surface area contributed by atoms with E-state index >= 15 is 0 Å². The van der Waals surface area contributed by atoms with Gasteiger partial charge in [0, 0.05) is 18.0 Å². The van der Waals surface area contributed by atoms with Crippen molar-refractivity contribution in [3.63, 3.8) is 0 Å². The number of rotatable bonds is 5. The molecule has 0 aliphatic carbocycles. The third-order valence-electron chi connectivity index (χ3n) is 3.70. The molecule has 0 aliphatic rings. The smallest absolute Gasteiger partial charge is 0.229 e. The molecule has 2 heterocycles. The number of anilines is 3. The molecule has 1 aromatic carbocycles. The van der Waals surface area contributed by atoms with E-state index in [1.807, 2.05) is 51.1 Å². The maximum absolute atomic E-state index is 6.36. The molecule has 2 N–H and O–H groups in total. The standard InChI is InChI=1S/C19H20ClN5/c1-12-8-13(2)18(16(20)9-12)25-19-23-14(3)10-17(24-19)22-11-15-6-4-5-7-21-15/h4-10H,11H2,1-3H3,(H2,22,23,24,25). The second-order valence-electron chi connectivity index (χ2n) is 5.96. The molecule has 0 spiro atoms. The van der Waals surface area contributed by atoms with Crippen molar-refractivity contribution < 1.29 is 0 Å². The minimum Gasteiger partial charge on any atom is -0.364 e. The summed E-state index contributed by atoms with van der Waals surface area (Å²) in [6, 6.07) is 11.7. The van der Waals surface area contributed by atoms with Crippen LogP contribution >= 0.6 is 11.6 Å². The summed E-state index contributed by atoms with van der Waals surface area (Å²) in [4.78, 5) is 13.3. The van der Waals surface area contributed by atoms with E-state index < -0.39 is 0 Å². The fraction of sp³-hybridized carbons (Fsp3) is 0.211. The van der Waals surface area contributed by atoms with Crippen LogP contribution in [0.4, 0.5) is 17.5 Å². The van der Waals surface area contributed by atoms with Crippen LogP contribution in [0.25, 0.3) is 0 Å². The van der Waals surface area contributed by atoms with Crippen molar-refractivity contribution in [2.45, 2.75) is 27.3 Å². The van der Waals surface area contributed by atoms with Crippen molar-refractivity contribution in [2.24, 2.45) is 0 Å². The molecular weight excluding hydrogens is 334 g/mol. The maximum atomic E-state index is 6.36. The van der Waals surface area contributed by atoms with E-state index in [4.69, 9.17) is 11.6 Å². The number of hydrogen-bond donors (Lipinski definition) is 2. The van der Waals surface area contributed by atoms with Gasteiger partial charge in [0.25, 0.3) is 0 Å². The summed E-state index contributed by atoms with van der Waals surface area (Å²) < 4.78 is 0. The molecule has 0 radical (unpaired) electrons. The van der Waals surface area contributed by atoms with Crippen LogP contribution in [0.1, 0.15) is 22.5 Å². The molecule has 128 valence electrons. The van der Waals surface area contributed by atoms with Crippen LogP contribution in [0.3, 0.4) is 0 Å². The molecule has 6 heteroatoms. The van der Waals surface area contributed by atoms with Gasteiger partial charge in [0.05, 0.1) is 22.9 Å². The molecular formula is C19H20ClN5. The fourth-order valence-electron chi connectivity index (χ4n) is 2.58. The SMILES string of the molecule is Cc1cc(C)c(Nc2nc(C)cc(NCc3ccccn3)n2)c(Cl)c1. The van der Waals surface area contributed by atoms with Crippen molar-refractivity contribution in [1.29, 1.82) is 0 Å². The Balaban J connectivity index is 1.80. The summed E-state index contributed by atoms with van der Waals surface area (Å²) in [6.45, 7) is 6.56. The Bertz CT molecular complexity index is 857. The number of benzene rings is 1. The van der Waals surface area contributed by atoms with Crippen molar-refractivity contribution >= 4 is 29.1 Å². The lowest BCUT2D eigenvalue weighted by Gasteiger charge is -2.13. The second kappa shape index (κ2) is 7.49. The molecule has 0 fully saturated rings. The Kier molecular flexibility index (Phi) is 5.14. The van der Waals surface area contributed by atoms with Crippen LogP contribution < -0.4 is 10.6 Å². The zero-order valence-electron chi connectivity index (χ0n) is 14.5. The van der Waals surface area contributed by atoms with Gasteiger partial charge >= 0.3 is 0 Å². The monoisotopic (exact) mass is 353 g/mol. The van der Waals surface area contributed by atoms with Crippen LogP contribution in [-0.2, 0) is 6.54 Å². The number of aryl methyl sites for hydroxylation is 3. The summed E-state index contributed by atoms with van der Waals surface area (Å²) in [5, 5.41) is 7.17. The summed E-state index contributed by atoms with van der Waals surface area (Å²) >= 11 is 6.36. The van der Waals surface area contributed by atoms with Gasteiger partial charge in [0.1, 0.15) is 5.82 Å². The van der Waals surface area contributed by atoms with Crippen molar-refractivity contribution in [2.75, 3.05) is 10.6 Å². The highest BCUT2D eigenvalue weighted by Gasteiger charge is 2.09. The van der Waals surface area contributed by atoms with Gasteiger partial charge in [-0.3, -0.25) is 4.98 Å². The molecule has 0 amide bonds. The Hall–Kier alpha value is -2.66. The molecule has 3 rings (SSSR count). The van der Waals surface area contributed by atoms with Crippen LogP contribution in [0, 0.1) is 20.8 Å². The molecule has 0 saturated carbocycles. The maximum Gasteiger partial charge on any atom is 0.229 e. The number of pyridine rings is 1. The van der Waals surface area contributed by atoms with E-state index in [2.05, 4.69) is 31.7 Å². The van der Waals surface area contributed by atoms with E-state index in [0.29, 0.717) is 17.5 Å². The van der Waals surface area contributed by atoms with Crippen LogP contribution in [0.15, 0.2) is 42.6 Å². The Labute approximate surface area is 152 Å². The van der Waals surface area contributed by atoms with E-state index in [9.17, 15) is 0 Å². The first-order valence-corrected chi connectivity index (χ1v) is 8.42. The molecule has 3 aromatic rings. The number of nitrogens with zero attached hydrogens (tertiary/aromatic N) is 3. The van der Waals surface area contributed by atoms with Crippen LogP contribution in [-0.4, -0.2) is 15.0 Å². The number of nitrogens with one attached hydrogen (secondary N) is 2. The van der Waals surface area contributed by atoms with Gasteiger partial charge in [-0.05, 0) is 50.1 Å². The van der Waals surface area contributed by atoms with Crippen LogP contribution in [0.5, 0.6) is 0 Å². The third-order valence-corrected chi connectivity index (χ3v) is 4.00. The number of halogens is 1. The average Bonchev–Trinajstić information content (AvgIpc) is 2.57. The lowest BCUT2D eigenvalue weighted by molar-refractivity contribution is 1.01. The normalized spacial score (nSPS) is 10.6. The summed E-state index contributed by atoms with van der Waals surface area (Å²) in [5.74, 6) is 1.25. The first-order valence-electron chi connectivity index (χ1n) is 8.04. The van der Waals surface area contributed by atoms with Crippen LogP contribution in [0.2, 0.25) is 5.02 Å². The highest BCUT2D eigenvalue weighted by Crippen LogP contribution is 2.29. The van der Waals surface area contributed by atoms with E-state index in [1.54, 1.807) is 6.20 Å². The van der Waals surface area contributed by atoms with E-state index in [0.717, 1.165) is 34.0 Å². The molecule has 0 atom stereocenters. The summed E-state index contributed by atoms with van der Waals surface area (Å²) in [6.07, 6.45) is 1.78. The zero-order chi connectivity index (χ0) is 17.8. The largest absolute Gasteiger partial charge is 0.364 e. The molecule has 0 unspecified atom stereocenters. The molecule has 0 bridgehead atoms. The highest BCUT2D eigenvalue weighted by atomic mass is 35.5. The van der Waals surface area contributed by atoms with Crippen molar-refractivity contribution in [3.8, 4) is 0 Å². The van der Waals surface area contributed by atoms with Gasteiger partial charge in [0.15, 0.2) is 0 Å². The topological polar surface area (TPSA) is 62.7 Å². The fourth-order valence-corrected chi connectivity index (χ4v) is 2.95. The summed E-state index contributed by atoms with van der Waals surface area (Å²) in [5.41, 5.74) is 4.81. The van der Waals surface area contributed by atoms with Gasteiger partial charge in [-0.15, -0.1) is 0 Å². The lowest BCUT2D eigenvalue weighted by atomic mass is 10.1. The zero-order valence-corrected chi connectivity index (χ0v) is 15.2. The van der Waals surface area contributed by atoms with Crippen molar-refractivity contribution in [1.82, 2.24) is 15.0 Å². The van der Waals surface area contributed by atoms with E-state index in [-0.39, 0.29) is 0 Å². The second-order valence-corrected chi connectivity index (χ2v) is 6.36. The predicted octanol–water partition coefficient (Wildman–Crippen LogP) is 4.81. The van der Waals surface area contributed by atoms with E-state index in [1.165, 1.54) is 0 Å². The van der Waals surface area contributed by atoms with Gasteiger partial charge in [-0.1, -0.05) is 23.7 Å². The molecule has 2 aromatic heterocycles. The predicted molar refractivity (Wildman–Crippen MR) is 103 cm³/mol. The third kappa shape index (κ3) is 4.45. The highest BCUT2D eigenvalue weighted by molar-refractivity contribution is 6.33. The molecule has 0 aliphatic heterocycles. The Morgan fingerprint density at radius 3 is 2.60 bits per heavy atom. The average molecular weight is 354 g/mol. The first-order chi connectivity index (χ1) is 12.0. The quantitative estimate of drug-likeness (QED) is 0.689. The molecule has 0 saturated heterocycles. The van der Waals surface area contributed by atoms with Gasteiger partial charge in [0.2, 0.25) is 5.95 Å². The van der Waals surface area contributed by atoms with Crippen molar-refractivity contribution in [3.05, 3.63) is 70.1 Å². The molecule has 5 nitrogen and oxygen atoms in total. The van der Waals surface area contributed by atoms with Gasteiger partial charge in [-0.25, -0.2) is 4.98 Å². The first kappa shape index (κ1) is 17.2. The van der Waals surface area contributed by atoms with Gasteiger partial charge < -0.3 is 10.6 Å². The summed E-state index contributed by atoms with van der Waals surface area (Å²) in [7, 11) is 0. The minimum absolute atomic E-state index is 0.511. The van der Waals surface area contributed by atoms with Gasteiger partial charge in [-0.2, -0.15) is 4.98 Å².